The van der Waals surface area contributed by atoms with E-state index in [9.17, 15) is 13.7 Å². The van der Waals surface area contributed by atoms with Crippen molar-refractivity contribution in [2.45, 2.75) is 70.0 Å². The summed E-state index contributed by atoms with van der Waals surface area (Å²) in [5.41, 5.74) is 0.574. The van der Waals surface area contributed by atoms with Crippen LogP contribution in [0.15, 0.2) is 18.2 Å². The number of ether oxygens (including phenoxy) is 2. The molecular formula is C18H26FNO5S. The van der Waals surface area contributed by atoms with E-state index in [0.29, 0.717) is 30.6 Å². The van der Waals surface area contributed by atoms with Gasteiger partial charge in [-0.25, -0.2) is 9.18 Å². The van der Waals surface area contributed by atoms with Crippen LogP contribution in [0.4, 0.5) is 9.18 Å². The zero-order valence-corrected chi connectivity index (χ0v) is 16.3. The average molecular weight is 387 g/mol. The summed E-state index contributed by atoms with van der Waals surface area (Å²) in [4.78, 5) is 10.6. The molecule has 0 aromatic heterocycles. The van der Waals surface area contributed by atoms with Crippen molar-refractivity contribution in [3.8, 4) is 5.75 Å². The molecule has 0 bridgehead atoms. The fraction of sp³-hybridized carbons (Fsp3) is 0.611. The number of carbonyl (C=O) groups is 1. The van der Waals surface area contributed by atoms with Gasteiger partial charge in [-0.05, 0) is 58.7 Å². The maximum Gasteiger partial charge on any atom is 0.506 e. The largest absolute Gasteiger partial charge is 0.598 e. The zero-order valence-electron chi connectivity index (χ0n) is 15.5. The molecule has 1 aromatic carbocycles. The standard InChI is InChI=1S/C18H26FNO5S/c1-11(20-26(23)18(2,3)4)15-9-12(19)5-8-16(15)24-13-6-7-14(10-13)25-17(21)22/h5,8-9,11,13-14,20H,6-7,10H2,1-4H3,(H,21,22)/t11-,13+,14-,26-/m1/s1. The molecular weight excluding hydrogens is 361 g/mol. The maximum absolute atomic E-state index is 13.8. The van der Waals surface area contributed by atoms with Crippen molar-refractivity contribution in [2.75, 3.05) is 0 Å². The number of hydrogen-bond donors (Lipinski definition) is 2. The third kappa shape index (κ3) is 5.75. The van der Waals surface area contributed by atoms with Gasteiger partial charge in [0.05, 0.1) is 6.04 Å². The summed E-state index contributed by atoms with van der Waals surface area (Å²) in [6.45, 7) is 7.36. The molecule has 6 nitrogen and oxygen atoms in total. The molecule has 0 saturated heterocycles. The van der Waals surface area contributed by atoms with Crippen LogP contribution in [0.3, 0.4) is 0 Å². The van der Waals surface area contributed by atoms with Crippen molar-refractivity contribution in [1.82, 2.24) is 4.72 Å². The van der Waals surface area contributed by atoms with Crippen LogP contribution in [0.1, 0.15) is 58.6 Å². The smallest absolute Gasteiger partial charge is 0.506 e. The van der Waals surface area contributed by atoms with E-state index in [1.54, 1.807) is 13.0 Å². The van der Waals surface area contributed by atoms with Gasteiger partial charge in [0.1, 0.15) is 28.5 Å². The first-order valence-corrected chi connectivity index (χ1v) is 9.75. The molecule has 1 aliphatic rings. The first kappa shape index (κ1) is 20.8. The van der Waals surface area contributed by atoms with Crippen molar-refractivity contribution >= 4 is 17.5 Å². The third-order valence-corrected chi connectivity index (χ3v) is 5.86. The molecule has 26 heavy (non-hydrogen) atoms. The van der Waals surface area contributed by atoms with Crippen molar-refractivity contribution in [1.29, 1.82) is 0 Å². The summed E-state index contributed by atoms with van der Waals surface area (Å²) in [5.74, 6) is 0.0966. The molecule has 1 aliphatic carbocycles. The van der Waals surface area contributed by atoms with Crippen LogP contribution in [0.25, 0.3) is 0 Å². The normalized spacial score (nSPS) is 22.7. The SMILES string of the molecule is C[C@@H](N[S@+]([O-])C(C)(C)C)c1cc(F)ccc1O[C@H]1CC[C@@H](OC(=O)O)C1. The number of rotatable bonds is 6. The molecule has 1 fully saturated rings. The van der Waals surface area contributed by atoms with Gasteiger partial charge in [0.2, 0.25) is 0 Å². The lowest BCUT2D eigenvalue weighted by Crippen LogP contribution is -2.40. The van der Waals surface area contributed by atoms with E-state index in [0.717, 1.165) is 0 Å². The summed E-state index contributed by atoms with van der Waals surface area (Å²) in [6.07, 6.45) is -0.173. The summed E-state index contributed by atoms with van der Waals surface area (Å²) >= 11 is -1.31. The monoisotopic (exact) mass is 387 g/mol. The predicted octanol–water partition coefficient (Wildman–Crippen LogP) is 3.93. The lowest BCUT2D eigenvalue weighted by Gasteiger charge is -2.27. The van der Waals surface area contributed by atoms with Crippen molar-refractivity contribution in [3.63, 3.8) is 0 Å². The quantitative estimate of drug-likeness (QED) is 0.568. The second-order valence-corrected chi connectivity index (χ2v) is 9.46. The van der Waals surface area contributed by atoms with E-state index < -0.39 is 28.1 Å². The number of halogens is 1. The highest BCUT2D eigenvalue weighted by Gasteiger charge is 2.32. The van der Waals surface area contributed by atoms with Gasteiger partial charge in [-0.3, -0.25) is 0 Å². The van der Waals surface area contributed by atoms with Gasteiger partial charge in [-0.1, -0.05) is 0 Å². The highest BCUT2D eigenvalue weighted by atomic mass is 32.2. The summed E-state index contributed by atoms with van der Waals surface area (Å²) in [5, 5.41) is 8.71. The molecule has 0 unspecified atom stereocenters. The molecule has 0 radical (unpaired) electrons. The van der Waals surface area contributed by atoms with E-state index in [1.807, 2.05) is 20.8 Å². The van der Waals surface area contributed by atoms with Crippen LogP contribution >= 0.6 is 0 Å². The van der Waals surface area contributed by atoms with Gasteiger partial charge < -0.3 is 19.1 Å². The maximum atomic E-state index is 13.8. The van der Waals surface area contributed by atoms with Crippen molar-refractivity contribution in [2.24, 2.45) is 0 Å². The fourth-order valence-electron chi connectivity index (χ4n) is 2.80. The Hall–Kier alpha value is -1.51. The highest BCUT2D eigenvalue weighted by Crippen LogP contribution is 2.32. The summed E-state index contributed by atoms with van der Waals surface area (Å²) in [7, 11) is 0. The van der Waals surface area contributed by atoms with E-state index in [2.05, 4.69) is 4.72 Å². The minimum Gasteiger partial charge on any atom is -0.598 e. The van der Waals surface area contributed by atoms with Crippen molar-refractivity contribution in [3.05, 3.63) is 29.6 Å². The molecule has 0 aliphatic heterocycles. The Bertz CT molecular complexity index is 636. The van der Waals surface area contributed by atoms with Crippen LogP contribution < -0.4 is 9.46 Å². The lowest BCUT2D eigenvalue weighted by molar-refractivity contribution is 0.0497. The van der Waals surface area contributed by atoms with Gasteiger partial charge in [-0.15, -0.1) is 4.72 Å². The number of carboxylic acid groups (broad SMARTS) is 1. The molecule has 8 heteroatoms. The van der Waals surface area contributed by atoms with Gasteiger partial charge in [0.25, 0.3) is 0 Å². The highest BCUT2D eigenvalue weighted by molar-refractivity contribution is 7.90. The molecule has 1 saturated carbocycles. The molecule has 0 amide bonds. The first-order chi connectivity index (χ1) is 12.1. The van der Waals surface area contributed by atoms with Gasteiger partial charge >= 0.3 is 6.16 Å². The molecule has 0 heterocycles. The molecule has 2 rings (SSSR count). The second kappa shape index (κ2) is 8.45. The second-order valence-electron chi connectivity index (χ2n) is 7.46. The van der Waals surface area contributed by atoms with Crippen LogP contribution in [0.2, 0.25) is 0 Å². The van der Waals surface area contributed by atoms with E-state index in [1.165, 1.54) is 12.1 Å². The average Bonchev–Trinajstić information content (AvgIpc) is 2.94. The molecule has 4 atom stereocenters. The van der Waals surface area contributed by atoms with Crippen LogP contribution in [-0.4, -0.2) is 32.8 Å². The van der Waals surface area contributed by atoms with Crippen LogP contribution in [-0.2, 0) is 16.1 Å². The topological polar surface area (TPSA) is 90.9 Å². The van der Waals surface area contributed by atoms with Crippen molar-refractivity contribution < 1.29 is 28.3 Å². The van der Waals surface area contributed by atoms with E-state index in [-0.39, 0.29) is 18.2 Å². The predicted molar refractivity (Wildman–Crippen MR) is 97.0 cm³/mol. The van der Waals surface area contributed by atoms with Gasteiger partial charge in [0, 0.05) is 23.3 Å². The summed E-state index contributed by atoms with van der Waals surface area (Å²) < 4.78 is 39.4. The van der Waals surface area contributed by atoms with Gasteiger partial charge in [0.15, 0.2) is 0 Å². The Morgan fingerprint density at radius 2 is 2.04 bits per heavy atom. The minimum atomic E-state index is -1.31. The Morgan fingerprint density at radius 3 is 2.65 bits per heavy atom. The molecule has 2 N–H and O–H groups in total. The zero-order chi connectivity index (χ0) is 19.5. The van der Waals surface area contributed by atoms with Gasteiger partial charge in [-0.2, -0.15) is 0 Å². The first-order valence-electron chi connectivity index (χ1n) is 8.60. The van der Waals surface area contributed by atoms with Crippen LogP contribution in [0, 0.1) is 5.82 Å². The Kier molecular flexibility index (Phi) is 6.76. The lowest BCUT2D eigenvalue weighted by atomic mass is 10.1. The summed E-state index contributed by atoms with van der Waals surface area (Å²) in [6, 6.07) is 3.85. The van der Waals surface area contributed by atoms with E-state index in [4.69, 9.17) is 14.6 Å². The number of benzene rings is 1. The number of hydrogen-bond acceptors (Lipinski definition) is 5. The molecule has 0 spiro atoms. The molecule has 1 aromatic rings. The molecule has 146 valence electrons. The number of nitrogens with one attached hydrogen (secondary N) is 1. The van der Waals surface area contributed by atoms with E-state index >= 15 is 0 Å². The third-order valence-electron chi connectivity index (χ3n) is 4.18. The van der Waals surface area contributed by atoms with Crippen LogP contribution in [0.5, 0.6) is 5.75 Å². The Morgan fingerprint density at radius 1 is 1.38 bits per heavy atom. The Labute approximate surface area is 156 Å². The fourth-order valence-corrected chi connectivity index (χ4v) is 3.60. The Balaban J connectivity index is 2.09. The minimum absolute atomic E-state index is 0.205.